The molecule has 4 aliphatic carbocycles. The molecule has 0 aromatic rings. The van der Waals surface area contributed by atoms with E-state index in [0.29, 0.717) is 75.9 Å². The van der Waals surface area contributed by atoms with Crippen LogP contribution in [0.15, 0.2) is 0 Å². The molecule has 0 bridgehead atoms. The van der Waals surface area contributed by atoms with E-state index in [9.17, 15) is 19.2 Å². The molecule has 0 spiro atoms. The summed E-state index contributed by atoms with van der Waals surface area (Å²) in [4.78, 5) is 53.1. The number of unbranched alkanes of at least 4 members (excludes halogenated alkanes) is 1. The molecule has 68 heavy (non-hydrogen) atoms. The molecule has 4 unspecified atom stereocenters. The highest BCUT2D eigenvalue weighted by Gasteiger charge is 2.36. The summed E-state index contributed by atoms with van der Waals surface area (Å²) in [6.45, 7) is 12.9. The third-order valence-electron chi connectivity index (χ3n) is 15.7. The maximum Gasteiger partial charge on any atom is 0.407 e. The lowest BCUT2D eigenvalue weighted by atomic mass is 9.75. The molecule has 16 nitrogen and oxygen atoms in total. The van der Waals surface area contributed by atoms with Crippen LogP contribution in [0, 0.1) is 29.1 Å². The van der Waals surface area contributed by atoms with Crippen molar-refractivity contribution in [1.82, 2.24) is 26.2 Å². The van der Waals surface area contributed by atoms with Gasteiger partial charge in [-0.15, -0.1) is 0 Å². The fraction of sp³-hybridized carbons (Fsp3) is 0.923. The van der Waals surface area contributed by atoms with Gasteiger partial charge >= 0.3 is 18.3 Å². The minimum absolute atomic E-state index is 0.0570. The number of amides is 4. The highest BCUT2D eigenvalue weighted by atomic mass is 16.6. The lowest BCUT2D eigenvalue weighted by molar-refractivity contribution is -0.119. The number of hydrogen-bond donors (Lipinski definition) is 4. The van der Waals surface area contributed by atoms with E-state index in [2.05, 4.69) is 40.0 Å². The molecule has 1 aliphatic heterocycles. The van der Waals surface area contributed by atoms with Crippen LogP contribution in [0.25, 0.3) is 0 Å². The Balaban J connectivity index is 0.971. The van der Waals surface area contributed by atoms with E-state index < -0.39 is 17.6 Å². The molecule has 4 saturated carbocycles. The van der Waals surface area contributed by atoms with Crippen LogP contribution in [-0.2, 0) is 38.0 Å². The first kappa shape index (κ1) is 56.0. The van der Waals surface area contributed by atoms with Gasteiger partial charge in [0.25, 0.3) is 0 Å². The van der Waals surface area contributed by atoms with Crippen molar-refractivity contribution < 1.29 is 52.3 Å². The maximum atomic E-state index is 13.3. The molecule has 4 amide bonds. The van der Waals surface area contributed by atoms with Crippen LogP contribution in [0.4, 0.5) is 14.4 Å². The summed E-state index contributed by atoms with van der Waals surface area (Å²) in [5.74, 6) is 2.74. The zero-order valence-corrected chi connectivity index (χ0v) is 42.8. The van der Waals surface area contributed by atoms with Crippen LogP contribution in [0.1, 0.15) is 163 Å². The Labute approximate surface area is 409 Å². The molecule has 5 rings (SSSR count). The van der Waals surface area contributed by atoms with Gasteiger partial charge in [0.2, 0.25) is 5.91 Å². The average Bonchev–Trinajstić information content (AvgIpc) is 4.03. The highest BCUT2D eigenvalue weighted by molar-refractivity contribution is 5.73. The van der Waals surface area contributed by atoms with E-state index in [0.717, 1.165) is 122 Å². The Bertz CT molecular complexity index is 1450. The zero-order valence-electron chi connectivity index (χ0n) is 42.8. The zero-order chi connectivity index (χ0) is 48.6. The standard InChI is InChI=1S/C52H93N5O11/c1-6-8-25-64-34-48(33-57-32-38(57)3)68-51(61)56-47-23-15-43(16-24-47)31-42-13-21-46(22-14-42)55-50(60)67-37-52(7-2,35-65-29-28-63-27-26-62-5)36-66-49(59)54-45-19-11-41(12-20-45)30-40-9-17-44(18-10-40)53-39(4)58/h38,40-48H,6-37H2,1-5H3,(H,53,58)(H,54,59)(H,55,60)(H,56,61). The Morgan fingerprint density at radius 3 is 1.44 bits per heavy atom. The second-order valence-electron chi connectivity index (χ2n) is 21.4. The minimum Gasteiger partial charge on any atom is -0.449 e. The number of methoxy groups -OCH3 is 1. The predicted octanol–water partition coefficient (Wildman–Crippen LogP) is 8.28. The third-order valence-corrected chi connectivity index (χ3v) is 15.7. The Morgan fingerprint density at radius 1 is 0.574 bits per heavy atom. The monoisotopic (exact) mass is 964 g/mol. The van der Waals surface area contributed by atoms with Crippen LogP contribution >= 0.6 is 0 Å². The van der Waals surface area contributed by atoms with Crippen LogP contribution in [-0.4, -0.2) is 145 Å². The number of hydrogen-bond acceptors (Lipinski definition) is 12. The summed E-state index contributed by atoms with van der Waals surface area (Å²) in [6.07, 6.45) is 20.3. The molecule has 0 aromatic heterocycles. The van der Waals surface area contributed by atoms with Crippen LogP contribution in [0.3, 0.4) is 0 Å². The lowest BCUT2D eigenvalue weighted by Gasteiger charge is -2.35. The van der Waals surface area contributed by atoms with E-state index in [4.69, 9.17) is 33.2 Å². The number of rotatable bonds is 29. The Morgan fingerprint density at radius 2 is 1.01 bits per heavy atom. The SMILES string of the molecule is CCCCOCC(CN1CC1C)OC(=O)NC1CCC(CC2CCC(NC(=O)OCC(CC)(COCCOCCOC)COC(=O)NC3CCC(CC4CCC(NC(C)=O)CC4)CC3)CC2)CC1. The fourth-order valence-electron chi connectivity index (χ4n) is 11.1. The number of nitrogens with one attached hydrogen (secondary N) is 4. The van der Waals surface area contributed by atoms with Gasteiger partial charge < -0.3 is 54.4 Å². The normalized spacial score (nSPS) is 29.7. The fourth-order valence-corrected chi connectivity index (χ4v) is 11.1. The summed E-state index contributed by atoms with van der Waals surface area (Å²) >= 11 is 0. The topological polar surface area (TPSA) is 184 Å². The molecule has 0 radical (unpaired) electrons. The second kappa shape index (κ2) is 30.7. The molecule has 1 saturated heterocycles. The van der Waals surface area contributed by atoms with Crippen molar-refractivity contribution in [2.45, 2.75) is 199 Å². The van der Waals surface area contributed by atoms with Crippen molar-refractivity contribution >= 4 is 24.2 Å². The molecular weight excluding hydrogens is 871 g/mol. The van der Waals surface area contributed by atoms with Crippen molar-refractivity contribution in [3.63, 3.8) is 0 Å². The van der Waals surface area contributed by atoms with Crippen LogP contribution < -0.4 is 21.3 Å². The third kappa shape index (κ3) is 21.6. The summed E-state index contributed by atoms with van der Waals surface area (Å²) in [7, 11) is 1.63. The quantitative estimate of drug-likeness (QED) is 0.0320. The van der Waals surface area contributed by atoms with Gasteiger partial charge in [-0.05, 0) is 159 Å². The molecule has 392 valence electrons. The first-order valence-corrected chi connectivity index (χ1v) is 27.0. The molecule has 4 N–H and O–H groups in total. The van der Waals surface area contributed by atoms with Crippen LogP contribution in [0.2, 0.25) is 0 Å². The number of carbonyl (C=O) groups excluding carboxylic acids is 4. The number of carbonyl (C=O) groups is 4. The van der Waals surface area contributed by atoms with Gasteiger partial charge in [-0.2, -0.15) is 0 Å². The van der Waals surface area contributed by atoms with E-state index in [1.165, 1.54) is 25.7 Å². The second-order valence-corrected chi connectivity index (χ2v) is 21.4. The van der Waals surface area contributed by atoms with Crippen molar-refractivity contribution in [3.8, 4) is 0 Å². The molecule has 5 aliphatic rings. The van der Waals surface area contributed by atoms with E-state index >= 15 is 0 Å². The van der Waals surface area contributed by atoms with Crippen molar-refractivity contribution in [2.75, 3.05) is 79.7 Å². The van der Waals surface area contributed by atoms with Gasteiger partial charge in [-0.1, -0.05) is 20.3 Å². The van der Waals surface area contributed by atoms with Gasteiger partial charge in [0.1, 0.15) is 19.3 Å². The van der Waals surface area contributed by atoms with Gasteiger partial charge in [0.05, 0.1) is 45.1 Å². The number of nitrogens with zero attached hydrogens (tertiary/aromatic N) is 1. The van der Waals surface area contributed by atoms with Gasteiger partial charge in [0, 0.05) is 63.9 Å². The Hall–Kier alpha value is -2.92. The molecule has 1 heterocycles. The number of ether oxygens (including phenoxy) is 7. The average molecular weight is 964 g/mol. The van der Waals surface area contributed by atoms with E-state index in [1.54, 1.807) is 14.0 Å². The first-order chi connectivity index (χ1) is 32.9. The van der Waals surface area contributed by atoms with Gasteiger partial charge in [0.15, 0.2) is 0 Å². The predicted molar refractivity (Wildman–Crippen MR) is 261 cm³/mol. The van der Waals surface area contributed by atoms with Crippen LogP contribution in [0.5, 0.6) is 0 Å². The largest absolute Gasteiger partial charge is 0.449 e. The van der Waals surface area contributed by atoms with Gasteiger partial charge in [-0.3, -0.25) is 9.69 Å². The summed E-state index contributed by atoms with van der Waals surface area (Å²) < 4.78 is 40.1. The Kier molecular flexibility index (Phi) is 25.3. The van der Waals surface area contributed by atoms with Gasteiger partial charge in [-0.25, -0.2) is 14.4 Å². The van der Waals surface area contributed by atoms with Crippen molar-refractivity contribution in [2.24, 2.45) is 29.1 Å². The lowest BCUT2D eigenvalue weighted by Crippen LogP contribution is -2.44. The summed E-state index contributed by atoms with van der Waals surface area (Å²) in [5, 5.41) is 12.5. The van der Waals surface area contributed by atoms with E-state index in [-0.39, 0.29) is 56.1 Å². The first-order valence-electron chi connectivity index (χ1n) is 27.0. The molecular formula is C52H93N5O11. The maximum absolute atomic E-state index is 13.3. The van der Waals surface area contributed by atoms with Crippen molar-refractivity contribution in [3.05, 3.63) is 0 Å². The van der Waals surface area contributed by atoms with Crippen molar-refractivity contribution in [1.29, 1.82) is 0 Å². The molecule has 4 atom stereocenters. The minimum atomic E-state index is -0.719. The molecule has 5 fully saturated rings. The smallest absolute Gasteiger partial charge is 0.407 e. The number of alkyl carbamates (subject to hydrolysis) is 3. The van der Waals surface area contributed by atoms with E-state index in [1.807, 2.05) is 6.92 Å². The molecule has 16 heteroatoms. The highest BCUT2D eigenvalue weighted by Crippen LogP contribution is 2.37. The summed E-state index contributed by atoms with van der Waals surface area (Å²) in [6, 6.07) is 1.16. The summed E-state index contributed by atoms with van der Waals surface area (Å²) in [5.41, 5.74) is -0.719. The molecule has 0 aromatic carbocycles.